The van der Waals surface area contributed by atoms with Gasteiger partial charge in [-0.25, -0.2) is 4.98 Å². The Morgan fingerprint density at radius 2 is 1.96 bits per heavy atom. The summed E-state index contributed by atoms with van der Waals surface area (Å²) in [5.74, 6) is 0.754. The standard InChI is InChI=1S/C20H23N5O2/c1-12-7-13(2)9-16(8-12)23-19(26)15-5-4-6-25(10-15)18-17-14(3)24-27-20(17)22-11-21-18/h7-9,11,15H,4-6,10H2,1-3H3,(H,23,26)/t15-/m1/s1. The molecule has 2 aromatic heterocycles. The number of fused-ring (bicyclic) bond motifs is 1. The second-order valence-electron chi connectivity index (χ2n) is 7.30. The minimum Gasteiger partial charge on any atom is -0.355 e. The quantitative estimate of drug-likeness (QED) is 0.766. The number of benzene rings is 1. The van der Waals surface area contributed by atoms with Gasteiger partial charge in [0.1, 0.15) is 17.5 Å². The molecule has 0 radical (unpaired) electrons. The summed E-state index contributed by atoms with van der Waals surface area (Å²) in [4.78, 5) is 23.6. The van der Waals surface area contributed by atoms with Crippen LogP contribution in [0.2, 0.25) is 0 Å². The normalized spacial score (nSPS) is 17.3. The summed E-state index contributed by atoms with van der Waals surface area (Å²) in [7, 11) is 0. The van der Waals surface area contributed by atoms with Crippen LogP contribution in [0.1, 0.15) is 29.7 Å². The molecule has 1 aliphatic heterocycles. The number of nitrogens with zero attached hydrogens (tertiary/aromatic N) is 4. The first-order valence-electron chi connectivity index (χ1n) is 9.22. The molecule has 27 heavy (non-hydrogen) atoms. The molecule has 1 aromatic carbocycles. The number of hydrogen-bond donors (Lipinski definition) is 1. The highest BCUT2D eigenvalue weighted by Gasteiger charge is 2.28. The molecule has 140 valence electrons. The lowest BCUT2D eigenvalue weighted by Gasteiger charge is -2.33. The Balaban J connectivity index is 1.54. The third-order valence-electron chi connectivity index (χ3n) is 5.00. The van der Waals surface area contributed by atoms with Crippen LogP contribution in [0.4, 0.5) is 11.5 Å². The van der Waals surface area contributed by atoms with Crippen molar-refractivity contribution in [2.75, 3.05) is 23.3 Å². The molecular weight excluding hydrogens is 342 g/mol. The van der Waals surface area contributed by atoms with Crippen LogP contribution in [0.15, 0.2) is 29.0 Å². The molecule has 3 heterocycles. The van der Waals surface area contributed by atoms with Gasteiger partial charge in [0.2, 0.25) is 5.91 Å². The van der Waals surface area contributed by atoms with Crippen molar-refractivity contribution >= 4 is 28.5 Å². The molecule has 1 saturated heterocycles. The van der Waals surface area contributed by atoms with Crippen molar-refractivity contribution in [3.8, 4) is 0 Å². The summed E-state index contributed by atoms with van der Waals surface area (Å²) >= 11 is 0. The zero-order chi connectivity index (χ0) is 19.0. The lowest BCUT2D eigenvalue weighted by atomic mass is 9.96. The van der Waals surface area contributed by atoms with E-state index in [1.54, 1.807) is 0 Å². The molecule has 4 rings (SSSR count). The van der Waals surface area contributed by atoms with E-state index in [0.717, 1.165) is 53.1 Å². The highest BCUT2D eigenvalue weighted by molar-refractivity contribution is 5.94. The maximum atomic E-state index is 12.8. The number of aryl methyl sites for hydroxylation is 3. The Kier molecular flexibility index (Phi) is 4.51. The second-order valence-corrected chi connectivity index (χ2v) is 7.30. The molecule has 0 saturated carbocycles. The lowest BCUT2D eigenvalue weighted by molar-refractivity contribution is -0.120. The van der Waals surface area contributed by atoms with Crippen molar-refractivity contribution in [3.05, 3.63) is 41.3 Å². The van der Waals surface area contributed by atoms with Gasteiger partial charge in [-0.2, -0.15) is 4.98 Å². The van der Waals surface area contributed by atoms with Crippen LogP contribution in [0.25, 0.3) is 11.1 Å². The highest BCUT2D eigenvalue weighted by atomic mass is 16.5. The maximum absolute atomic E-state index is 12.8. The SMILES string of the molecule is Cc1cc(C)cc(NC(=O)[C@@H]2CCCN(c3ncnc4onc(C)c34)C2)c1. The average Bonchev–Trinajstić information content (AvgIpc) is 3.02. The van der Waals surface area contributed by atoms with E-state index < -0.39 is 0 Å². The minimum atomic E-state index is -0.0928. The topological polar surface area (TPSA) is 84.2 Å². The molecule has 1 aliphatic rings. The summed E-state index contributed by atoms with van der Waals surface area (Å²) in [5, 5.41) is 7.90. The van der Waals surface area contributed by atoms with E-state index in [-0.39, 0.29) is 11.8 Å². The van der Waals surface area contributed by atoms with Crippen LogP contribution in [0.5, 0.6) is 0 Å². The number of anilines is 2. The van der Waals surface area contributed by atoms with Crippen LogP contribution in [0.3, 0.4) is 0 Å². The fraction of sp³-hybridized carbons (Fsp3) is 0.400. The molecule has 1 amide bonds. The number of aromatic nitrogens is 3. The molecule has 7 nitrogen and oxygen atoms in total. The maximum Gasteiger partial charge on any atom is 0.263 e. The Morgan fingerprint density at radius 1 is 1.19 bits per heavy atom. The number of piperidine rings is 1. The number of carbonyl (C=O) groups is 1. The minimum absolute atomic E-state index is 0.0528. The van der Waals surface area contributed by atoms with E-state index >= 15 is 0 Å². The van der Waals surface area contributed by atoms with Gasteiger partial charge >= 0.3 is 0 Å². The molecule has 0 bridgehead atoms. The zero-order valence-electron chi connectivity index (χ0n) is 15.8. The Morgan fingerprint density at radius 3 is 2.74 bits per heavy atom. The monoisotopic (exact) mass is 365 g/mol. The molecule has 7 heteroatoms. The summed E-state index contributed by atoms with van der Waals surface area (Å²) in [6, 6.07) is 6.10. The first-order valence-corrected chi connectivity index (χ1v) is 9.22. The summed E-state index contributed by atoms with van der Waals surface area (Å²) < 4.78 is 5.25. The summed E-state index contributed by atoms with van der Waals surface area (Å²) in [6.07, 6.45) is 3.28. The van der Waals surface area contributed by atoms with E-state index in [9.17, 15) is 4.79 Å². The smallest absolute Gasteiger partial charge is 0.263 e. The summed E-state index contributed by atoms with van der Waals surface area (Å²) in [5.41, 5.74) is 4.39. The van der Waals surface area contributed by atoms with Crippen LogP contribution >= 0.6 is 0 Å². The molecule has 0 aliphatic carbocycles. The van der Waals surface area contributed by atoms with E-state index in [4.69, 9.17) is 4.52 Å². The molecule has 0 spiro atoms. The van der Waals surface area contributed by atoms with Crippen molar-refractivity contribution in [1.29, 1.82) is 0 Å². The van der Waals surface area contributed by atoms with Crippen molar-refractivity contribution in [2.45, 2.75) is 33.6 Å². The van der Waals surface area contributed by atoms with E-state index in [2.05, 4.69) is 31.4 Å². The fourth-order valence-corrected chi connectivity index (χ4v) is 3.82. The van der Waals surface area contributed by atoms with Gasteiger partial charge in [0.15, 0.2) is 0 Å². The van der Waals surface area contributed by atoms with Crippen LogP contribution < -0.4 is 10.2 Å². The first-order chi connectivity index (χ1) is 13.0. The number of hydrogen-bond acceptors (Lipinski definition) is 6. The number of carbonyl (C=O) groups excluding carboxylic acids is 1. The van der Waals surface area contributed by atoms with E-state index in [1.807, 2.05) is 32.9 Å². The molecular formula is C20H23N5O2. The van der Waals surface area contributed by atoms with Gasteiger partial charge in [-0.05, 0) is 56.9 Å². The largest absolute Gasteiger partial charge is 0.355 e. The van der Waals surface area contributed by atoms with Gasteiger partial charge in [-0.3, -0.25) is 4.79 Å². The zero-order valence-corrected chi connectivity index (χ0v) is 15.8. The van der Waals surface area contributed by atoms with Gasteiger partial charge in [-0.1, -0.05) is 11.2 Å². The second kappa shape index (κ2) is 6.98. The van der Waals surface area contributed by atoms with Gasteiger partial charge in [-0.15, -0.1) is 0 Å². The van der Waals surface area contributed by atoms with Crippen molar-refractivity contribution in [1.82, 2.24) is 15.1 Å². The van der Waals surface area contributed by atoms with Crippen LogP contribution in [-0.2, 0) is 4.79 Å². The van der Waals surface area contributed by atoms with Gasteiger partial charge in [0.25, 0.3) is 5.71 Å². The number of nitrogens with one attached hydrogen (secondary N) is 1. The van der Waals surface area contributed by atoms with Gasteiger partial charge in [0.05, 0.1) is 11.6 Å². The Labute approximate surface area is 157 Å². The Bertz CT molecular complexity index is 977. The third-order valence-corrected chi connectivity index (χ3v) is 5.00. The predicted octanol–water partition coefficient (Wildman–Crippen LogP) is 3.40. The summed E-state index contributed by atoms with van der Waals surface area (Å²) in [6.45, 7) is 7.42. The molecule has 1 atom stereocenters. The van der Waals surface area contributed by atoms with E-state index in [1.165, 1.54) is 6.33 Å². The van der Waals surface area contributed by atoms with Gasteiger partial charge in [0, 0.05) is 18.8 Å². The molecule has 3 aromatic rings. The average molecular weight is 365 g/mol. The highest BCUT2D eigenvalue weighted by Crippen LogP contribution is 2.30. The van der Waals surface area contributed by atoms with Crippen molar-refractivity contribution in [3.63, 3.8) is 0 Å². The third kappa shape index (κ3) is 3.49. The predicted molar refractivity (Wildman–Crippen MR) is 104 cm³/mol. The molecule has 1 fully saturated rings. The molecule has 1 N–H and O–H groups in total. The van der Waals surface area contributed by atoms with Crippen molar-refractivity contribution in [2.24, 2.45) is 5.92 Å². The Hall–Kier alpha value is -2.96. The first kappa shape index (κ1) is 17.5. The van der Waals surface area contributed by atoms with Gasteiger partial charge < -0.3 is 14.7 Å². The van der Waals surface area contributed by atoms with E-state index in [0.29, 0.717) is 12.3 Å². The van der Waals surface area contributed by atoms with Crippen LogP contribution in [-0.4, -0.2) is 34.1 Å². The van der Waals surface area contributed by atoms with Crippen molar-refractivity contribution < 1.29 is 9.32 Å². The van der Waals surface area contributed by atoms with Crippen LogP contribution in [0, 0.1) is 26.7 Å². The number of amides is 1. The fourth-order valence-electron chi connectivity index (χ4n) is 3.82. The number of rotatable bonds is 3. The molecule has 0 unspecified atom stereocenters. The lowest BCUT2D eigenvalue weighted by Crippen LogP contribution is -2.41.